The molecule has 0 aliphatic rings. The van der Waals surface area contributed by atoms with Crippen molar-refractivity contribution in [1.29, 1.82) is 0 Å². The third kappa shape index (κ3) is 5.49. The molecule has 0 saturated heterocycles. The lowest BCUT2D eigenvalue weighted by molar-refractivity contribution is 0.284. The number of methoxy groups -OCH3 is 1. The van der Waals surface area contributed by atoms with Crippen LogP contribution in [0.15, 0.2) is 83.3 Å². The summed E-state index contributed by atoms with van der Waals surface area (Å²) < 4.78 is 11.4. The van der Waals surface area contributed by atoms with Gasteiger partial charge >= 0.3 is 0 Å². The highest BCUT2D eigenvalue weighted by Gasteiger charge is 2.06. The molecule has 1 N–H and O–H groups in total. The minimum absolute atomic E-state index is 0.486. The highest BCUT2D eigenvalue weighted by atomic mass is 32.1. The smallest absolute Gasteiger partial charge is 0.203 e. The van der Waals surface area contributed by atoms with Gasteiger partial charge in [0.25, 0.3) is 0 Å². The van der Waals surface area contributed by atoms with Crippen LogP contribution in [-0.2, 0) is 6.61 Å². The van der Waals surface area contributed by atoms with Crippen LogP contribution in [-0.4, -0.2) is 18.3 Å². The molecule has 0 aliphatic heterocycles. The maximum Gasteiger partial charge on any atom is 0.203 e. The van der Waals surface area contributed by atoms with Crippen molar-refractivity contribution in [1.82, 2.24) is 4.98 Å². The van der Waals surface area contributed by atoms with Gasteiger partial charge in [-0.1, -0.05) is 60.2 Å². The first-order chi connectivity index (χ1) is 15.2. The highest BCUT2D eigenvalue weighted by molar-refractivity contribution is 7.14. The number of aromatic nitrogens is 1. The fraction of sp³-hybridized carbons (Fsp3) is 0.120. The summed E-state index contributed by atoms with van der Waals surface area (Å²) in [6.45, 7) is 2.55. The average Bonchev–Trinajstić information content (AvgIpc) is 3.28. The van der Waals surface area contributed by atoms with E-state index in [1.54, 1.807) is 13.3 Å². The lowest BCUT2D eigenvalue weighted by atomic mass is 10.2. The number of hydrogen-bond donors (Lipinski definition) is 1. The Kier molecular flexibility index (Phi) is 6.59. The van der Waals surface area contributed by atoms with E-state index in [-0.39, 0.29) is 0 Å². The van der Waals surface area contributed by atoms with Gasteiger partial charge in [0.2, 0.25) is 5.13 Å². The number of hydrogen-bond acceptors (Lipinski definition) is 6. The summed E-state index contributed by atoms with van der Waals surface area (Å²) in [7, 11) is 1.63. The molecule has 6 heteroatoms. The fourth-order valence-corrected chi connectivity index (χ4v) is 3.63. The topological polar surface area (TPSA) is 55.7 Å². The minimum atomic E-state index is 0.486. The van der Waals surface area contributed by atoms with Crippen molar-refractivity contribution in [2.45, 2.75) is 13.5 Å². The maximum absolute atomic E-state index is 5.93. The maximum atomic E-state index is 5.93. The molecular weight excluding hydrogens is 406 g/mol. The van der Waals surface area contributed by atoms with Crippen molar-refractivity contribution >= 4 is 22.7 Å². The standard InChI is InChI=1S/C25H23N3O2S/c1-18-8-10-19(11-9-18)16-30-23-13-12-20(14-24(23)29-2)15-26-28-25-27-22(17-31-25)21-6-4-3-5-7-21/h3-15,17H,16H2,1-2H3,(H,27,28). The highest BCUT2D eigenvalue weighted by Crippen LogP contribution is 2.29. The zero-order valence-corrected chi connectivity index (χ0v) is 18.2. The molecule has 31 heavy (non-hydrogen) atoms. The molecule has 0 fully saturated rings. The Bertz CT molecular complexity index is 1160. The Morgan fingerprint density at radius 3 is 2.58 bits per heavy atom. The lowest BCUT2D eigenvalue weighted by Crippen LogP contribution is -1.98. The van der Waals surface area contributed by atoms with Gasteiger partial charge in [-0.25, -0.2) is 4.98 Å². The Labute approximate surface area is 186 Å². The molecule has 1 heterocycles. The average molecular weight is 430 g/mol. The number of anilines is 1. The predicted octanol–water partition coefficient (Wildman–Crippen LogP) is 6.15. The van der Waals surface area contributed by atoms with Crippen LogP contribution in [0.2, 0.25) is 0 Å². The molecule has 0 radical (unpaired) electrons. The molecule has 0 amide bonds. The second kappa shape index (κ2) is 9.91. The van der Waals surface area contributed by atoms with Crippen molar-refractivity contribution < 1.29 is 9.47 Å². The van der Waals surface area contributed by atoms with Crippen LogP contribution in [0.3, 0.4) is 0 Å². The van der Waals surface area contributed by atoms with E-state index < -0.39 is 0 Å². The number of nitrogens with zero attached hydrogens (tertiary/aromatic N) is 2. The molecule has 156 valence electrons. The Morgan fingerprint density at radius 2 is 1.81 bits per heavy atom. The number of aryl methyl sites for hydroxylation is 1. The lowest BCUT2D eigenvalue weighted by Gasteiger charge is -2.11. The van der Waals surface area contributed by atoms with Crippen molar-refractivity contribution in [3.8, 4) is 22.8 Å². The number of nitrogens with one attached hydrogen (secondary N) is 1. The molecule has 4 aromatic rings. The van der Waals surface area contributed by atoms with E-state index in [9.17, 15) is 0 Å². The fourth-order valence-electron chi connectivity index (χ4n) is 2.96. The molecule has 0 unspecified atom stereocenters. The summed E-state index contributed by atoms with van der Waals surface area (Å²) in [6, 6.07) is 24.1. The zero-order chi connectivity index (χ0) is 21.5. The predicted molar refractivity (Wildman–Crippen MR) is 127 cm³/mol. The summed E-state index contributed by atoms with van der Waals surface area (Å²) in [4.78, 5) is 4.57. The third-order valence-corrected chi connectivity index (χ3v) is 5.40. The number of rotatable bonds is 8. The van der Waals surface area contributed by atoms with Crippen LogP contribution in [0.5, 0.6) is 11.5 Å². The van der Waals surface area contributed by atoms with E-state index in [1.165, 1.54) is 16.9 Å². The summed E-state index contributed by atoms with van der Waals surface area (Å²) in [5, 5.41) is 7.05. The van der Waals surface area contributed by atoms with Gasteiger partial charge in [0, 0.05) is 10.9 Å². The normalized spacial score (nSPS) is 10.9. The quantitative estimate of drug-likeness (QED) is 0.269. The van der Waals surface area contributed by atoms with E-state index in [0.29, 0.717) is 18.1 Å². The largest absolute Gasteiger partial charge is 0.493 e. The van der Waals surface area contributed by atoms with Gasteiger partial charge in [0.15, 0.2) is 11.5 Å². The van der Waals surface area contributed by atoms with E-state index in [2.05, 4.69) is 46.7 Å². The molecule has 1 aromatic heterocycles. The van der Waals surface area contributed by atoms with Crippen LogP contribution in [0.1, 0.15) is 16.7 Å². The van der Waals surface area contributed by atoms with Crippen LogP contribution < -0.4 is 14.9 Å². The number of thiazole rings is 1. The first kappa shape index (κ1) is 20.6. The van der Waals surface area contributed by atoms with Crippen LogP contribution in [0, 0.1) is 6.92 Å². The molecule has 3 aromatic carbocycles. The molecule has 5 nitrogen and oxygen atoms in total. The monoisotopic (exact) mass is 429 g/mol. The van der Waals surface area contributed by atoms with Crippen LogP contribution in [0.4, 0.5) is 5.13 Å². The summed E-state index contributed by atoms with van der Waals surface area (Å²) >= 11 is 1.51. The van der Waals surface area contributed by atoms with Gasteiger partial charge in [0.1, 0.15) is 6.61 Å². The second-order valence-electron chi connectivity index (χ2n) is 6.96. The Hall–Kier alpha value is -3.64. The third-order valence-electron chi connectivity index (χ3n) is 4.65. The number of hydrazone groups is 1. The second-order valence-corrected chi connectivity index (χ2v) is 7.82. The van der Waals surface area contributed by atoms with Gasteiger partial charge in [0.05, 0.1) is 19.0 Å². The summed E-state index contributed by atoms with van der Waals surface area (Å²) in [6.07, 6.45) is 1.73. The van der Waals surface area contributed by atoms with Gasteiger partial charge < -0.3 is 9.47 Å². The van der Waals surface area contributed by atoms with Crippen molar-refractivity contribution in [3.63, 3.8) is 0 Å². The van der Waals surface area contributed by atoms with Crippen molar-refractivity contribution in [3.05, 3.63) is 94.9 Å². The van der Waals surface area contributed by atoms with E-state index in [4.69, 9.17) is 9.47 Å². The Balaban J connectivity index is 1.38. The zero-order valence-electron chi connectivity index (χ0n) is 17.4. The Morgan fingerprint density at radius 1 is 1.00 bits per heavy atom. The van der Waals surface area contributed by atoms with Crippen molar-refractivity contribution in [2.24, 2.45) is 5.10 Å². The molecule has 0 bridgehead atoms. The van der Waals surface area contributed by atoms with Gasteiger partial charge in [-0.3, -0.25) is 5.43 Å². The van der Waals surface area contributed by atoms with Gasteiger partial charge in [-0.05, 0) is 36.2 Å². The van der Waals surface area contributed by atoms with Crippen LogP contribution in [0.25, 0.3) is 11.3 Å². The summed E-state index contributed by atoms with van der Waals surface area (Å²) in [5.41, 5.74) is 8.24. The first-order valence-corrected chi connectivity index (χ1v) is 10.8. The van der Waals surface area contributed by atoms with E-state index in [1.807, 2.05) is 53.9 Å². The molecule has 0 saturated carbocycles. The van der Waals surface area contributed by atoms with Gasteiger partial charge in [-0.2, -0.15) is 5.10 Å². The van der Waals surface area contributed by atoms with Crippen molar-refractivity contribution in [2.75, 3.05) is 12.5 Å². The molecule has 0 atom stereocenters. The van der Waals surface area contributed by atoms with E-state index >= 15 is 0 Å². The first-order valence-electron chi connectivity index (χ1n) is 9.88. The number of ether oxygens (including phenoxy) is 2. The molecule has 0 aliphatic carbocycles. The molecule has 4 rings (SSSR count). The van der Waals surface area contributed by atoms with Gasteiger partial charge in [-0.15, -0.1) is 11.3 Å². The SMILES string of the molecule is COc1cc(C=NNc2nc(-c3ccccc3)cs2)ccc1OCc1ccc(C)cc1. The number of benzene rings is 3. The summed E-state index contributed by atoms with van der Waals surface area (Å²) in [5.74, 6) is 1.36. The van der Waals surface area contributed by atoms with Crippen LogP contribution >= 0.6 is 11.3 Å². The minimum Gasteiger partial charge on any atom is -0.493 e. The molecule has 0 spiro atoms. The molecular formula is C25H23N3O2S. The van der Waals surface area contributed by atoms with E-state index in [0.717, 1.165) is 27.5 Å².